The second kappa shape index (κ2) is 3.51. The molecule has 0 amide bonds. The van der Waals surface area contributed by atoms with Crippen molar-refractivity contribution in [1.29, 1.82) is 0 Å². The van der Waals surface area contributed by atoms with Gasteiger partial charge in [0.1, 0.15) is 0 Å². The van der Waals surface area contributed by atoms with Crippen molar-refractivity contribution in [1.82, 2.24) is 0 Å². The first-order chi connectivity index (χ1) is 7.90. The Bertz CT molecular complexity index is 659. The highest BCUT2D eigenvalue weighted by Crippen LogP contribution is 2.32. The van der Waals surface area contributed by atoms with Gasteiger partial charge in [0, 0.05) is 5.39 Å². The fourth-order valence-corrected chi connectivity index (χ4v) is 2.10. The van der Waals surface area contributed by atoms with Gasteiger partial charge in [0.2, 0.25) is 0 Å². The zero-order valence-corrected chi connectivity index (χ0v) is 8.55. The summed E-state index contributed by atoms with van der Waals surface area (Å²) in [5, 5.41) is 13.1. The van der Waals surface area contributed by atoms with Crippen LogP contribution in [-0.4, -0.2) is 5.26 Å². The maximum atomic E-state index is 8.90. The molecule has 2 heteroatoms. The largest absolute Gasteiger partial charge is 0.340 e. The summed E-state index contributed by atoms with van der Waals surface area (Å²) >= 11 is 0. The Morgan fingerprint density at radius 1 is 0.750 bits per heavy atom. The van der Waals surface area contributed by atoms with Crippen molar-refractivity contribution in [2.24, 2.45) is 0 Å². The Hall–Kier alpha value is -2.06. The Balaban J connectivity index is 2.57. The van der Waals surface area contributed by atoms with E-state index in [1.54, 1.807) is 0 Å². The van der Waals surface area contributed by atoms with E-state index in [2.05, 4.69) is 11.0 Å². The molecule has 0 fully saturated rings. The van der Waals surface area contributed by atoms with Crippen LogP contribution in [0.15, 0.2) is 54.6 Å². The van der Waals surface area contributed by atoms with E-state index in [0.717, 1.165) is 16.2 Å². The molecule has 16 heavy (non-hydrogen) atoms. The summed E-state index contributed by atoms with van der Waals surface area (Å²) in [5.41, 5.74) is 0. The Morgan fingerprint density at radius 3 is 2.12 bits per heavy atom. The predicted octanol–water partition coefficient (Wildman–Crippen LogP) is 3.84. The molecule has 0 unspecified atom stereocenters. The lowest BCUT2D eigenvalue weighted by molar-refractivity contribution is -0.136. The molecule has 0 aliphatic rings. The van der Waals surface area contributed by atoms with E-state index in [4.69, 9.17) is 5.26 Å². The molecule has 0 atom stereocenters. The lowest BCUT2D eigenvalue weighted by Crippen LogP contribution is -1.86. The molecule has 0 saturated heterocycles. The van der Waals surface area contributed by atoms with Crippen molar-refractivity contribution in [3.63, 3.8) is 0 Å². The molecule has 0 saturated carbocycles. The molecule has 3 aromatic rings. The third kappa shape index (κ3) is 1.24. The summed E-state index contributed by atoms with van der Waals surface area (Å²) in [6.45, 7) is 0. The third-order valence-corrected chi connectivity index (χ3v) is 2.83. The highest BCUT2D eigenvalue weighted by Gasteiger charge is 2.06. The van der Waals surface area contributed by atoms with Gasteiger partial charge >= 0.3 is 0 Å². The van der Waals surface area contributed by atoms with Crippen LogP contribution in [0.4, 0.5) is 0 Å². The summed E-state index contributed by atoms with van der Waals surface area (Å²) in [5.74, 6) is 0.495. The van der Waals surface area contributed by atoms with E-state index in [9.17, 15) is 0 Å². The van der Waals surface area contributed by atoms with Gasteiger partial charge in [-0.1, -0.05) is 48.5 Å². The van der Waals surface area contributed by atoms with Gasteiger partial charge in [-0.25, -0.2) is 5.26 Å². The zero-order valence-electron chi connectivity index (χ0n) is 8.55. The number of hydrogen-bond acceptors (Lipinski definition) is 2. The molecule has 78 valence electrons. The Morgan fingerprint density at radius 2 is 1.38 bits per heavy atom. The molecule has 0 aliphatic heterocycles. The maximum absolute atomic E-state index is 8.90. The SMILES string of the molecule is OOc1cc2ccccc2c2ccccc12. The van der Waals surface area contributed by atoms with Crippen LogP contribution in [0.3, 0.4) is 0 Å². The molecule has 0 radical (unpaired) electrons. The van der Waals surface area contributed by atoms with Crippen LogP contribution in [0.1, 0.15) is 0 Å². The average Bonchev–Trinajstić information content (AvgIpc) is 2.38. The van der Waals surface area contributed by atoms with Crippen molar-refractivity contribution >= 4 is 21.5 Å². The molecular formula is C14H10O2. The fraction of sp³-hybridized carbons (Fsp3) is 0. The van der Waals surface area contributed by atoms with Gasteiger partial charge in [0.15, 0.2) is 5.75 Å². The van der Waals surface area contributed by atoms with E-state index in [1.807, 2.05) is 48.5 Å². The van der Waals surface area contributed by atoms with Crippen LogP contribution in [0.5, 0.6) is 5.75 Å². The quantitative estimate of drug-likeness (QED) is 0.375. The van der Waals surface area contributed by atoms with Crippen LogP contribution in [0.25, 0.3) is 21.5 Å². The summed E-state index contributed by atoms with van der Waals surface area (Å²) < 4.78 is 0. The number of hydrogen-bond donors (Lipinski definition) is 1. The molecule has 0 bridgehead atoms. The van der Waals surface area contributed by atoms with Gasteiger partial charge in [-0.2, -0.15) is 0 Å². The van der Waals surface area contributed by atoms with Crippen LogP contribution in [0.2, 0.25) is 0 Å². The van der Waals surface area contributed by atoms with Gasteiger partial charge < -0.3 is 4.89 Å². The van der Waals surface area contributed by atoms with Crippen molar-refractivity contribution in [3.05, 3.63) is 54.6 Å². The second-order valence-corrected chi connectivity index (χ2v) is 3.73. The molecule has 3 rings (SSSR count). The van der Waals surface area contributed by atoms with Crippen LogP contribution >= 0.6 is 0 Å². The predicted molar refractivity (Wildman–Crippen MR) is 64.7 cm³/mol. The van der Waals surface area contributed by atoms with E-state index in [1.165, 1.54) is 5.39 Å². The van der Waals surface area contributed by atoms with E-state index in [-0.39, 0.29) is 0 Å². The lowest BCUT2D eigenvalue weighted by atomic mass is 10.0. The number of rotatable bonds is 1. The molecular weight excluding hydrogens is 200 g/mol. The maximum Gasteiger partial charge on any atom is 0.173 e. The summed E-state index contributed by atoms with van der Waals surface area (Å²) in [4.78, 5) is 4.44. The highest BCUT2D eigenvalue weighted by atomic mass is 17.1. The van der Waals surface area contributed by atoms with E-state index >= 15 is 0 Å². The van der Waals surface area contributed by atoms with Crippen molar-refractivity contribution in [2.75, 3.05) is 0 Å². The first-order valence-electron chi connectivity index (χ1n) is 5.12. The molecule has 0 heterocycles. The van der Waals surface area contributed by atoms with Crippen LogP contribution in [0, 0.1) is 0 Å². The van der Waals surface area contributed by atoms with Crippen molar-refractivity contribution in [3.8, 4) is 5.75 Å². The minimum absolute atomic E-state index is 0.495. The topological polar surface area (TPSA) is 29.5 Å². The van der Waals surface area contributed by atoms with E-state index in [0.29, 0.717) is 5.75 Å². The Kier molecular flexibility index (Phi) is 2.01. The van der Waals surface area contributed by atoms with Gasteiger partial charge in [-0.15, -0.1) is 0 Å². The first kappa shape index (κ1) is 9.19. The van der Waals surface area contributed by atoms with Gasteiger partial charge in [0.25, 0.3) is 0 Å². The fourth-order valence-electron chi connectivity index (χ4n) is 2.10. The molecule has 0 aromatic heterocycles. The van der Waals surface area contributed by atoms with Crippen LogP contribution in [-0.2, 0) is 0 Å². The lowest BCUT2D eigenvalue weighted by Gasteiger charge is -2.07. The molecule has 2 nitrogen and oxygen atoms in total. The van der Waals surface area contributed by atoms with Gasteiger partial charge in [-0.3, -0.25) is 0 Å². The van der Waals surface area contributed by atoms with E-state index < -0.39 is 0 Å². The Labute approximate surface area is 92.6 Å². The first-order valence-corrected chi connectivity index (χ1v) is 5.12. The molecule has 1 N–H and O–H groups in total. The summed E-state index contributed by atoms with van der Waals surface area (Å²) in [7, 11) is 0. The summed E-state index contributed by atoms with van der Waals surface area (Å²) in [6.07, 6.45) is 0. The second-order valence-electron chi connectivity index (χ2n) is 3.73. The monoisotopic (exact) mass is 210 g/mol. The van der Waals surface area contributed by atoms with Gasteiger partial charge in [-0.05, 0) is 22.2 Å². The minimum Gasteiger partial charge on any atom is -0.340 e. The van der Waals surface area contributed by atoms with Crippen molar-refractivity contribution in [2.45, 2.75) is 0 Å². The third-order valence-electron chi connectivity index (χ3n) is 2.83. The smallest absolute Gasteiger partial charge is 0.173 e. The number of fused-ring (bicyclic) bond motifs is 3. The molecule has 0 aliphatic carbocycles. The highest BCUT2D eigenvalue weighted by molar-refractivity contribution is 6.10. The number of benzene rings is 3. The summed E-state index contributed by atoms with van der Waals surface area (Å²) in [6, 6.07) is 17.8. The van der Waals surface area contributed by atoms with Gasteiger partial charge in [0.05, 0.1) is 0 Å². The van der Waals surface area contributed by atoms with Crippen molar-refractivity contribution < 1.29 is 10.1 Å². The average molecular weight is 210 g/mol. The molecule has 0 spiro atoms. The van der Waals surface area contributed by atoms with Crippen LogP contribution < -0.4 is 4.89 Å². The molecule has 3 aromatic carbocycles. The standard InChI is InChI=1S/C14H10O2/c15-16-14-9-10-5-1-2-6-11(10)12-7-3-4-8-13(12)14/h1-9,15H. The minimum atomic E-state index is 0.495. The zero-order chi connectivity index (χ0) is 11.0. The normalized spacial score (nSPS) is 10.8.